The molecular weight excluding hydrogens is 499 g/mol. The molecule has 38 heavy (non-hydrogen) atoms. The van der Waals surface area contributed by atoms with E-state index in [1.165, 1.54) is 18.0 Å². The number of pyridine rings is 1. The number of benzene rings is 1. The highest BCUT2D eigenvalue weighted by molar-refractivity contribution is 6.04. The molecule has 1 aliphatic rings. The largest absolute Gasteiger partial charge is 0.456 e. The molecule has 1 aliphatic heterocycles. The molecule has 5 rings (SSSR count). The Bertz CT molecular complexity index is 1420. The number of piperidine rings is 1. The molecule has 0 aliphatic carbocycles. The number of likely N-dealkylation sites (tertiary alicyclic amines) is 1. The Balaban J connectivity index is 1.17. The number of hydrogen-bond acceptors (Lipinski definition) is 5. The molecule has 1 fully saturated rings. The van der Waals surface area contributed by atoms with Gasteiger partial charge in [0.25, 0.3) is 11.8 Å². The molecule has 0 radical (unpaired) electrons. The van der Waals surface area contributed by atoms with Crippen LogP contribution in [-0.4, -0.2) is 44.6 Å². The molecular formula is C27H24F3N5O3. The molecule has 1 aromatic carbocycles. The lowest BCUT2D eigenvalue weighted by Gasteiger charge is -2.32. The normalized spacial score (nSPS) is 14.5. The van der Waals surface area contributed by atoms with Crippen LogP contribution in [0.4, 0.5) is 18.9 Å². The molecule has 0 saturated carbocycles. The summed E-state index contributed by atoms with van der Waals surface area (Å²) >= 11 is 0. The fourth-order valence-corrected chi connectivity index (χ4v) is 4.57. The molecule has 2 amide bonds. The van der Waals surface area contributed by atoms with Crippen molar-refractivity contribution in [3.63, 3.8) is 0 Å². The lowest BCUT2D eigenvalue weighted by atomic mass is 9.89. The summed E-state index contributed by atoms with van der Waals surface area (Å²) in [7, 11) is 0. The monoisotopic (exact) mass is 523 g/mol. The number of aromatic nitrogens is 3. The average Bonchev–Trinajstić information content (AvgIpc) is 3.59. The Hall–Kier alpha value is -4.41. The van der Waals surface area contributed by atoms with Gasteiger partial charge < -0.3 is 14.6 Å². The highest BCUT2D eigenvalue weighted by Crippen LogP contribution is 2.36. The van der Waals surface area contributed by atoms with E-state index in [1.54, 1.807) is 47.4 Å². The Kier molecular flexibility index (Phi) is 6.75. The number of halogens is 3. The van der Waals surface area contributed by atoms with Crippen molar-refractivity contribution in [2.75, 3.05) is 18.4 Å². The van der Waals surface area contributed by atoms with Gasteiger partial charge in [0.1, 0.15) is 5.76 Å². The van der Waals surface area contributed by atoms with Crippen LogP contribution in [0, 0.1) is 6.92 Å². The van der Waals surface area contributed by atoms with Crippen molar-refractivity contribution in [1.82, 2.24) is 19.7 Å². The standard InChI is InChI=1S/C27H24F3N5O3/c1-17-15-22(24(38-17)27(28,29)30)26(37)34-13-9-19(10-14-34)18-3-6-21(7-4-18)33-25(36)20-5-8-23(31-16-20)35-12-2-11-32-35/h2-8,11-12,15-16,19H,9-10,13-14H2,1H3,(H,33,36). The van der Waals surface area contributed by atoms with Gasteiger partial charge >= 0.3 is 6.18 Å². The third-order valence-electron chi connectivity index (χ3n) is 6.51. The summed E-state index contributed by atoms with van der Waals surface area (Å²) in [6.07, 6.45) is 1.39. The molecule has 1 N–H and O–H groups in total. The Labute approximate surface area is 216 Å². The number of furan rings is 1. The number of alkyl halides is 3. The predicted molar refractivity (Wildman–Crippen MR) is 132 cm³/mol. The number of nitrogens with one attached hydrogen (secondary N) is 1. The molecule has 4 aromatic rings. The summed E-state index contributed by atoms with van der Waals surface area (Å²) in [4.78, 5) is 31.1. The maximum atomic E-state index is 13.3. The second-order valence-corrected chi connectivity index (χ2v) is 9.10. The zero-order valence-corrected chi connectivity index (χ0v) is 20.4. The molecule has 8 nitrogen and oxygen atoms in total. The van der Waals surface area contributed by atoms with E-state index >= 15 is 0 Å². The van der Waals surface area contributed by atoms with Gasteiger partial charge in [-0.25, -0.2) is 9.67 Å². The topological polar surface area (TPSA) is 93.3 Å². The smallest absolute Gasteiger partial charge is 0.450 e. The second kappa shape index (κ2) is 10.2. The van der Waals surface area contributed by atoms with E-state index in [4.69, 9.17) is 4.42 Å². The molecule has 4 heterocycles. The van der Waals surface area contributed by atoms with Crippen LogP contribution >= 0.6 is 0 Å². The maximum Gasteiger partial charge on any atom is 0.450 e. The van der Waals surface area contributed by atoms with E-state index < -0.39 is 23.4 Å². The van der Waals surface area contributed by atoms with Crippen LogP contribution in [0.15, 0.2) is 71.5 Å². The van der Waals surface area contributed by atoms with Gasteiger partial charge in [-0.3, -0.25) is 9.59 Å². The van der Waals surface area contributed by atoms with Gasteiger partial charge in [-0.2, -0.15) is 18.3 Å². The molecule has 196 valence electrons. The summed E-state index contributed by atoms with van der Waals surface area (Å²) in [6, 6.07) is 13.7. The minimum atomic E-state index is -4.73. The fraction of sp³-hybridized carbons (Fsp3) is 0.259. The van der Waals surface area contributed by atoms with Crippen molar-refractivity contribution in [2.45, 2.75) is 31.9 Å². The van der Waals surface area contributed by atoms with Gasteiger partial charge in [-0.15, -0.1) is 0 Å². The number of hydrogen-bond donors (Lipinski definition) is 1. The quantitative estimate of drug-likeness (QED) is 0.375. The van der Waals surface area contributed by atoms with Gasteiger partial charge in [0.05, 0.1) is 11.1 Å². The molecule has 0 unspecified atom stereocenters. The molecule has 0 atom stereocenters. The minimum Gasteiger partial charge on any atom is -0.456 e. The lowest BCUT2D eigenvalue weighted by Crippen LogP contribution is -2.38. The van der Waals surface area contributed by atoms with Crippen molar-refractivity contribution in [1.29, 1.82) is 0 Å². The zero-order valence-electron chi connectivity index (χ0n) is 20.4. The van der Waals surface area contributed by atoms with Crippen LogP contribution in [0.1, 0.15) is 56.6 Å². The highest BCUT2D eigenvalue weighted by atomic mass is 19.4. The first-order valence-corrected chi connectivity index (χ1v) is 12.0. The summed E-state index contributed by atoms with van der Waals surface area (Å²) in [6.45, 7) is 2.07. The SMILES string of the molecule is Cc1cc(C(=O)N2CCC(c3ccc(NC(=O)c4ccc(-n5cccn5)nc4)cc3)CC2)c(C(F)(F)F)o1. The van der Waals surface area contributed by atoms with E-state index in [0.717, 1.165) is 11.6 Å². The first-order chi connectivity index (χ1) is 18.2. The van der Waals surface area contributed by atoms with E-state index in [1.807, 2.05) is 12.1 Å². The average molecular weight is 524 g/mol. The van der Waals surface area contributed by atoms with Crippen molar-refractivity contribution in [3.8, 4) is 5.82 Å². The molecule has 3 aromatic heterocycles. The predicted octanol–water partition coefficient (Wildman–Crippen LogP) is 5.46. The van der Waals surface area contributed by atoms with Crippen LogP contribution in [-0.2, 0) is 6.18 Å². The van der Waals surface area contributed by atoms with Gasteiger partial charge in [0, 0.05) is 37.4 Å². The van der Waals surface area contributed by atoms with E-state index in [2.05, 4.69) is 15.4 Å². The molecule has 11 heteroatoms. The van der Waals surface area contributed by atoms with Crippen LogP contribution < -0.4 is 5.32 Å². The number of amides is 2. The van der Waals surface area contributed by atoms with E-state index in [-0.39, 0.29) is 17.6 Å². The molecule has 1 saturated heterocycles. The number of aryl methyl sites for hydroxylation is 1. The number of rotatable bonds is 5. The van der Waals surface area contributed by atoms with Crippen molar-refractivity contribution < 1.29 is 27.2 Å². The summed E-state index contributed by atoms with van der Waals surface area (Å²) in [5, 5.41) is 6.95. The Morgan fingerprint density at radius 2 is 1.82 bits per heavy atom. The van der Waals surface area contributed by atoms with Crippen molar-refractivity contribution in [3.05, 3.63) is 95.3 Å². The van der Waals surface area contributed by atoms with Gasteiger partial charge in [-0.1, -0.05) is 12.1 Å². The van der Waals surface area contributed by atoms with Crippen LogP contribution in [0.25, 0.3) is 5.82 Å². The summed E-state index contributed by atoms with van der Waals surface area (Å²) in [5.41, 5.74) is 1.62. The van der Waals surface area contributed by atoms with Crippen molar-refractivity contribution >= 4 is 17.5 Å². The third-order valence-corrected chi connectivity index (χ3v) is 6.51. The first kappa shape index (κ1) is 25.2. The van der Waals surface area contributed by atoms with E-state index in [9.17, 15) is 22.8 Å². The number of carbonyl (C=O) groups is 2. The second-order valence-electron chi connectivity index (χ2n) is 9.10. The summed E-state index contributed by atoms with van der Waals surface area (Å²) < 4.78 is 46.1. The third kappa shape index (κ3) is 5.31. The number of carbonyl (C=O) groups excluding carboxylic acids is 2. The first-order valence-electron chi connectivity index (χ1n) is 12.0. The molecule has 0 spiro atoms. The summed E-state index contributed by atoms with van der Waals surface area (Å²) in [5.74, 6) is -1.41. The van der Waals surface area contributed by atoms with Gasteiger partial charge in [0.15, 0.2) is 5.82 Å². The van der Waals surface area contributed by atoms with Crippen LogP contribution in [0.3, 0.4) is 0 Å². The maximum absolute atomic E-state index is 13.3. The Morgan fingerprint density at radius 3 is 2.42 bits per heavy atom. The van der Waals surface area contributed by atoms with Crippen LogP contribution in [0.5, 0.6) is 0 Å². The molecule has 0 bridgehead atoms. The van der Waals surface area contributed by atoms with Gasteiger partial charge in [-0.05, 0) is 67.6 Å². The van der Waals surface area contributed by atoms with E-state index in [0.29, 0.717) is 43.0 Å². The number of nitrogens with zero attached hydrogens (tertiary/aromatic N) is 4. The Morgan fingerprint density at radius 1 is 1.08 bits per heavy atom. The minimum absolute atomic E-state index is 0.0465. The fourth-order valence-electron chi connectivity index (χ4n) is 4.57. The highest BCUT2D eigenvalue weighted by Gasteiger charge is 2.41. The van der Waals surface area contributed by atoms with Crippen LogP contribution in [0.2, 0.25) is 0 Å². The lowest BCUT2D eigenvalue weighted by molar-refractivity contribution is -0.153. The zero-order chi connectivity index (χ0) is 26.9. The number of anilines is 1. The van der Waals surface area contributed by atoms with Gasteiger partial charge in [0.2, 0.25) is 5.76 Å². The van der Waals surface area contributed by atoms with Crippen molar-refractivity contribution in [2.24, 2.45) is 0 Å².